The van der Waals surface area contributed by atoms with E-state index >= 15 is 0 Å². The number of carboxylic acid groups (broad SMARTS) is 1. The van der Waals surface area contributed by atoms with Crippen LogP contribution in [0.4, 0.5) is 0 Å². The van der Waals surface area contributed by atoms with Crippen molar-refractivity contribution in [1.29, 1.82) is 0 Å². The van der Waals surface area contributed by atoms with Crippen molar-refractivity contribution < 1.29 is 23.9 Å². The molecule has 1 aliphatic rings. The van der Waals surface area contributed by atoms with Gasteiger partial charge in [-0.2, -0.15) is 0 Å². The molecule has 1 heterocycles. The standard InChI is InChI=1S/C14H18N2O5/c17-12(16-10-4-3-9(8-10)14(19)20)5-6-15-13(18)11-2-1-7-21-11/h1-2,7,9-10H,3-6,8H2,(H,15,18)(H,16,17)(H,19,20). The number of hydrogen-bond donors (Lipinski definition) is 3. The van der Waals surface area contributed by atoms with E-state index < -0.39 is 5.97 Å². The average Bonchev–Trinajstić information content (AvgIpc) is 3.09. The van der Waals surface area contributed by atoms with Gasteiger partial charge in [-0.05, 0) is 31.4 Å². The summed E-state index contributed by atoms with van der Waals surface area (Å²) in [4.78, 5) is 34.1. The minimum Gasteiger partial charge on any atom is -0.481 e. The molecule has 2 rings (SSSR count). The van der Waals surface area contributed by atoms with Gasteiger partial charge >= 0.3 is 5.97 Å². The minimum atomic E-state index is -0.808. The van der Waals surface area contributed by atoms with Gasteiger partial charge in [0.1, 0.15) is 0 Å². The lowest BCUT2D eigenvalue weighted by atomic mass is 10.1. The smallest absolute Gasteiger partial charge is 0.306 e. The van der Waals surface area contributed by atoms with E-state index in [0.717, 1.165) is 0 Å². The van der Waals surface area contributed by atoms with Crippen molar-refractivity contribution in [1.82, 2.24) is 10.6 Å². The van der Waals surface area contributed by atoms with E-state index in [1.807, 2.05) is 0 Å². The third-order valence-electron chi connectivity index (χ3n) is 3.53. The molecule has 3 N–H and O–H groups in total. The van der Waals surface area contributed by atoms with Gasteiger partial charge < -0.3 is 20.2 Å². The Morgan fingerprint density at radius 3 is 2.76 bits per heavy atom. The highest BCUT2D eigenvalue weighted by atomic mass is 16.4. The molecule has 0 bridgehead atoms. The number of nitrogens with one attached hydrogen (secondary N) is 2. The van der Waals surface area contributed by atoms with Crippen molar-refractivity contribution in [3.63, 3.8) is 0 Å². The summed E-state index contributed by atoms with van der Waals surface area (Å²) in [5, 5.41) is 14.3. The molecule has 2 amide bonds. The highest BCUT2D eigenvalue weighted by Gasteiger charge is 2.30. The monoisotopic (exact) mass is 294 g/mol. The SMILES string of the molecule is O=C(CCNC(=O)c1ccco1)NC1CCC(C(=O)O)C1. The van der Waals surface area contributed by atoms with Gasteiger partial charge in [0.25, 0.3) is 5.91 Å². The lowest BCUT2D eigenvalue weighted by Crippen LogP contribution is -2.36. The van der Waals surface area contributed by atoms with Gasteiger partial charge in [-0.3, -0.25) is 14.4 Å². The first-order valence-corrected chi connectivity index (χ1v) is 6.90. The Kier molecular flexibility index (Phi) is 4.97. The zero-order valence-corrected chi connectivity index (χ0v) is 11.5. The fourth-order valence-electron chi connectivity index (χ4n) is 2.42. The van der Waals surface area contributed by atoms with Gasteiger partial charge in [0, 0.05) is 19.0 Å². The second-order valence-corrected chi connectivity index (χ2v) is 5.10. The highest BCUT2D eigenvalue weighted by molar-refractivity contribution is 5.91. The number of carbonyl (C=O) groups excluding carboxylic acids is 2. The Morgan fingerprint density at radius 2 is 2.14 bits per heavy atom. The predicted octanol–water partition coefficient (Wildman–Crippen LogP) is 0.769. The van der Waals surface area contributed by atoms with Gasteiger partial charge in [0.15, 0.2) is 5.76 Å². The molecule has 2 unspecified atom stereocenters. The van der Waals surface area contributed by atoms with Crippen molar-refractivity contribution in [2.24, 2.45) is 5.92 Å². The summed E-state index contributed by atoms with van der Waals surface area (Å²) in [5.41, 5.74) is 0. The quantitative estimate of drug-likeness (QED) is 0.718. The molecule has 21 heavy (non-hydrogen) atoms. The third kappa shape index (κ3) is 4.34. The van der Waals surface area contributed by atoms with E-state index in [1.54, 1.807) is 12.1 Å². The normalized spacial score (nSPS) is 21.0. The summed E-state index contributed by atoms with van der Waals surface area (Å²) in [6.07, 6.45) is 3.30. The van der Waals surface area contributed by atoms with E-state index in [9.17, 15) is 14.4 Å². The number of aliphatic carboxylic acids is 1. The average molecular weight is 294 g/mol. The summed E-state index contributed by atoms with van der Waals surface area (Å²) in [6, 6.07) is 3.07. The van der Waals surface area contributed by atoms with Crippen LogP contribution < -0.4 is 10.6 Å². The summed E-state index contributed by atoms with van der Waals surface area (Å²) in [7, 11) is 0. The first kappa shape index (κ1) is 15.1. The maximum atomic E-state index is 11.7. The van der Waals surface area contributed by atoms with Crippen molar-refractivity contribution in [2.75, 3.05) is 6.54 Å². The number of hydrogen-bond acceptors (Lipinski definition) is 4. The highest BCUT2D eigenvalue weighted by Crippen LogP contribution is 2.25. The molecular formula is C14H18N2O5. The van der Waals surface area contributed by atoms with Crippen LogP contribution in [0.25, 0.3) is 0 Å². The van der Waals surface area contributed by atoms with E-state index in [4.69, 9.17) is 9.52 Å². The zero-order valence-electron chi connectivity index (χ0n) is 11.5. The minimum absolute atomic E-state index is 0.0839. The van der Waals surface area contributed by atoms with E-state index in [0.29, 0.717) is 19.3 Å². The topological polar surface area (TPSA) is 109 Å². The molecule has 0 aromatic carbocycles. The van der Waals surface area contributed by atoms with Crippen LogP contribution in [-0.4, -0.2) is 35.5 Å². The molecule has 7 nitrogen and oxygen atoms in total. The molecule has 0 spiro atoms. The van der Waals surface area contributed by atoms with Crippen molar-refractivity contribution >= 4 is 17.8 Å². The van der Waals surface area contributed by atoms with E-state index in [2.05, 4.69) is 10.6 Å². The lowest BCUT2D eigenvalue weighted by molar-refractivity contribution is -0.141. The Bertz CT molecular complexity index is 511. The summed E-state index contributed by atoms with van der Waals surface area (Å²) < 4.78 is 4.93. The van der Waals surface area contributed by atoms with E-state index in [1.165, 1.54) is 6.26 Å². The number of amides is 2. The molecule has 1 fully saturated rings. The van der Waals surface area contributed by atoms with Crippen LogP contribution in [0, 0.1) is 5.92 Å². The zero-order chi connectivity index (χ0) is 15.2. The molecule has 0 aliphatic heterocycles. The van der Waals surface area contributed by atoms with Crippen LogP contribution in [0.1, 0.15) is 36.2 Å². The van der Waals surface area contributed by atoms with Gasteiger partial charge in [-0.15, -0.1) is 0 Å². The molecule has 0 radical (unpaired) electrons. The molecule has 1 saturated carbocycles. The second-order valence-electron chi connectivity index (χ2n) is 5.10. The largest absolute Gasteiger partial charge is 0.481 e. The fraction of sp³-hybridized carbons (Fsp3) is 0.500. The molecule has 114 valence electrons. The maximum Gasteiger partial charge on any atom is 0.306 e. The fourth-order valence-corrected chi connectivity index (χ4v) is 2.42. The van der Waals surface area contributed by atoms with Gasteiger partial charge in [0.05, 0.1) is 12.2 Å². The van der Waals surface area contributed by atoms with Crippen LogP contribution in [0.15, 0.2) is 22.8 Å². The predicted molar refractivity (Wildman–Crippen MR) is 72.6 cm³/mol. The number of rotatable bonds is 6. The van der Waals surface area contributed by atoms with Gasteiger partial charge in [-0.1, -0.05) is 0 Å². The van der Waals surface area contributed by atoms with Crippen molar-refractivity contribution in [3.05, 3.63) is 24.2 Å². The van der Waals surface area contributed by atoms with Crippen molar-refractivity contribution in [3.8, 4) is 0 Å². The van der Waals surface area contributed by atoms with Crippen LogP contribution in [0.2, 0.25) is 0 Å². The van der Waals surface area contributed by atoms with Crippen LogP contribution in [-0.2, 0) is 9.59 Å². The van der Waals surface area contributed by atoms with Gasteiger partial charge in [-0.25, -0.2) is 0 Å². The maximum absolute atomic E-state index is 11.7. The molecule has 0 saturated heterocycles. The Morgan fingerprint density at radius 1 is 1.33 bits per heavy atom. The number of carboxylic acids is 1. The summed E-state index contributed by atoms with van der Waals surface area (Å²) in [5.74, 6) is -1.52. The summed E-state index contributed by atoms with van der Waals surface area (Å²) >= 11 is 0. The Labute approximate surface area is 121 Å². The lowest BCUT2D eigenvalue weighted by Gasteiger charge is -2.12. The molecular weight excluding hydrogens is 276 g/mol. The van der Waals surface area contributed by atoms with Crippen LogP contribution in [0.5, 0.6) is 0 Å². The Balaban J connectivity index is 1.64. The summed E-state index contributed by atoms with van der Waals surface area (Å²) in [6.45, 7) is 0.209. The number of carbonyl (C=O) groups is 3. The van der Waals surface area contributed by atoms with E-state index in [-0.39, 0.29) is 42.5 Å². The third-order valence-corrected chi connectivity index (χ3v) is 3.53. The van der Waals surface area contributed by atoms with Crippen LogP contribution >= 0.6 is 0 Å². The van der Waals surface area contributed by atoms with Crippen molar-refractivity contribution in [2.45, 2.75) is 31.7 Å². The van der Waals surface area contributed by atoms with Crippen LogP contribution in [0.3, 0.4) is 0 Å². The number of furan rings is 1. The second kappa shape index (κ2) is 6.92. The molecule has 1 aliphatic carbocycles. The molecule has 1 aromatic heterocycles. The molecule has 2 atom stereocenters. The molecule has 1 aromatic rings. The molecule has 7 heteroatoms. The first-order valence-electron chi connectivity index (χ1n) is 6.90. The van der Waals surface area contributed by atoms with Gasteiger partial charge in [0.2, 0.25) is 5.91 Å². The Hall–Kier alpha value is -2.31. The first-order chi connectivity index (χ1) is 10.1.